The van der Waals surface area contributed by atoms with Crippen molar-refractivity contribution < 1.29 is 13.5 Å². The second-order valence-corrected chi connectivity index (χ2v) is 4.32. The minimum absolute atomic E-state index is 0.0400. The van der Waals surface area contributed by atoms with Crippen LogP contribution in [0.15, 0.2) is 36.5 Å². The third kappa shape index (κ3) is 3.74. The minimum Gasteiger partial charge on any atom is -0.436 e. The van der Waals surface area contributed by atoms with Crippen LogP contribution in [0.3, 0.4) is 0 Å². The van der Waals surface area contributed by atoms with E-state index in [1.807, 2.05) is 6.07 Å². The van der Waals surface area contributed by atoms with Gasteiger partial charge in [0.1, 0.15) is 5.82 Å². The zero-order valence-electron chi connectivity index (χ0n) is 11.2. The largest absolute Gasteiger partial charge is 0.436 e. The number of aromatic nitrogens is 1. The van der Waals surface area contributed by atoms with Crippen LogP contribution in [0.2, 0.25) is 0 Å². The quantitative estimate of drug-likeness (QED) is 0.819. The van der Waals surface area contributed by atoms with Crippen molar-refractivity contribution in [2.24, 2.45) is 0 Å². The standard InChI is InChI=1S/C15H16F2N2O/c1-2-7-18-10-11-4-3-8-19-15(11)20-14-6-5-12(16)9-13(14)17/h3-6,8-9,18H,2,7,10H2,1H3. The molecule has 1 N–H and O–H groups in total. The van der Waals surface area contributed by atoms with Crippen molar-refractivity contribution in [3.8, 4) is 11.6 Å². The predicted octanol–water partition coefficient (Wildman–Crippen LogP) is 3.65. The maximum Gasteiger partial charge on any atom is 0.223 e. The highest BCUT2D eigenvalue weighted by Crippen LogP contribution is 2.25. The second-order valence-electron chi connectivity index (χ2n) is 4.32. The van der Waals surface area contributed by atoms with Crippen LogP contribution >= 0.6 is 0 Å². The third-order valence-electron chi connectivity index (χ3n) is 2.69. The van der Waals surface area contributed by atoms with E-state index in [0.717, 1.165) is 30.7 Å². The third-order valence-corrected chi connectivity index (χ3v) is 2.69. The van der Waals surface area contributed by atoms with Crippen molar-refractivity contribution in [2.75, 3.05) is 6.54 Å². The van der Waals surface area contributed by atoms with Gasteiger partial charge in [-0.3, -0.25) is 0 Å². The Labute approximate surface area is 116 Å². The molecule has 0 aliphatic rings. The van der Waals surface area contributed by atoms with Crippen molar-refractivity contribution in [2.45, 2.75) is 19.9 Å². The molecule has 0 unspecified atom stereocenters. The zero-order valence-corrected chi connectivity index (χ0v) is 11.2. The molecule has 0 spiro atoms. The van der Waals surface area contributed by atoms with E-state index in [9.17, 15) is 8.78 Å². The fraction of sp³-hybridized carbons (Fsp3) is 0.267. The van der Waals surface area contributed by atoms with Gasteiger partial charge in [0.05, 0.1) is 0 Å². The first-order valence-corrected chi connectivity index (χ1v) is 6.48. The maximum atomic E-state index is 13.6. The van der Waals surface area contributed by atoms with E-state index in [4.69, 9.17) is 4.74 Å². The van der Waals surface area contributed by atoms with E-state index in [1.165, 1.54) is 6.07 Å². The van der Waals surface area contributed by atoms with Crippen LogP contribution in [0, 0.1) is 11.6 Å². The SMILES string of the molecule is CCCNCc1cccnc1Oc1ccc(F)cc1F. The van der Waals surface area contributed by atoms with Crippen LogP contribution in [0.25, 0.3) is 0 Å². The van der Waals surface area contributed by atoms with Crippen LogP contribution in [0.4, 0.5) is 8.78 Å². The van der Waals surface area contributed by atoms with Crippen LogP contribution in [0.5, 0.6) is 11.6 Å². The molecular formula is C15H16F2N2O. The second kappa shape index (κ2) is 6.96. The van der Waals surface area contributed by atoms with E-state index in [-0.39, 0.29) is 5.75 Å². The Kier molecular flexibility index (Phi) is 5.01. The summed E-state index contributed by atoms with van der Waals surface area (Å²) in [6.45, 7) is 3.53. The van der Waals surface area contributed by atoms with Crippen LogP contribution in [-0.2, 0) is 6.54 Å². The molecule has 0 radical (unpaired) electrons. The monoisotopic (exact) mass is 278 g/mol. The molecule has 106 valence electrons. The molecule has 1 aromatic heterocycles. The van der Waals surface area contributed by atoms with Crippen molar-refractivity contribution >= 4 is 0 Å². The molecule has 1 aromatic carbocycles. The average molecular weight is 278 g/mol. The number of nitrogens with one attached hydrogen (secondary N) is 1. The molecule has 0 saturated carbocycles. The van der Waals surface area contributed by atoms with Crippen molar-refractivity contribution in [3.63, 3.8) is 0 Å². The summed E-state index contributed by atoms with van der Waals surface area (Å²) < 4.78 is 31.8. The Bertz CT molecular complexity index is 576. The van der Waals surface area contributed by atoms with Crippen molar-refractivity contribution in [1.82, 2.24) is 10.3 Å². The Morgan fingerprint density at radius 1 is 1.25 bits per heavy atom. The molecule has 2 rings (SSSR count). The molecule has 0 fully saturated rings. The summed E-state index contributed by atoms with van der Waals surface area (Å²) >= 11 is 0. The van der Waals surface area contributed by atoms with Crippen LogP contribution < -0.4 is 10.1 Å². The van der Waals surface area contributed by atoms with Gasteiger partial charge in [-0.15, -0.1) is 0 Å². The van der Waals surface area contributed by atoms with Crippen molar-refractivity contribution in [1.29, 1.82) is 0 Å². The van der Waals surface area contributed by atoms with Crippen LogP contribution in [0.1, 0.15) is 18.9 Å². The van der Waals surface area contributed by atoms with Gasteiger partial charge in [0.25, 0.3) is 0 Å². The summed E-state index contributed by atoms with van der Waals surface area (Å²) in [5, 5.41) is 3.23. The summed E-state index contributed by atoms with van der Waals surface area (Å²) in [6, 6.07) is 6.83. The lowest BCUT2D eigenvalue weighted by Crippen LogP contribution is -2.14. The fourth-order valence-corrected chi connectivity index (χ4v) is 1.71. The van der Waals surface area contributed by atoms with Gasteiger partial charge in [-0.1, -0.05) is 13.0 Å². The summed E-state index contributed by atoms with van der Waals surface area (Å²) in [5.41, 5.74) is 0.824. The van der Waals surface area contributed by atoms with E-state index >= 15 is 0 Å². The van der Waals surface area contributed by atoms with Gasteiger partial charge in [-0.05, 0) is 31.2 Å². The zero-order chi connectivity index (χ0) is 14.4. The smallest absolute Gasteiger partial charge is 0.223 e. The molecule has 0 bridgehead atoms. The number of hydrogen-bond donors (Lipinski definition) is 1. The number of pyridine rings is 1. The van der Waals surface area contributed by atoms with E-state index < -0.39 is 11.6 Å². The number of rotatable bonds is 6. The first-order valence-electron chi connectivity index (χ1n) is 6.48. The lowest BCUT2D eigenvalue weighted by atomic mass is 10.2. The molecule has 2 aromatic rings. The molecule has 5 heteroatoms. The Hall–Kier alpha value is -2.01. The van der Waals surface area contributed by atoms with Crippen LogP contribution in [-0.4, -0.2) is 11.5 Å². The summed E-state index contributed by atoms with van der Waals surface area (Å²) in [4.78, 5) is 4.09. The fourth-order valence-electron chi connectivity index (χ4n) is 1.71. The molecule has 1 heterocycles. The number of hydrogen-bond acceptors (Lipinski definition) is 3. The Morgan fingerprint density at radius 2 is 2.10 bits per heavy atom. The molecule has 0 aliphatic carbocycles. The van der Waals surface area contributed by atoms with E-state index in [2.05, 4.69) is 17.2 Å². The van der Waals surface area contributed by atoms with Gasteiger partial charge < -0.3 is 10.1 Å². The topological polar surface area (TPSA) is 34.2 Å². The molecular weight excluding hydrogens is 262 g/mol. The molecule has 3 nitrogen and oxygen atoms in total. The average Bonchev–Trinajstić information content (AvgIpc) is 2.44. The molecule has 20 heavy (non-hydrogen) atoms. The normalized spacial score (nSPS) is 10.6. The Morgan fingerprint density at radius 3 is 2.85 bits per heavy atom. The number of halogens is 2. The van der Waals surface area contributed by atoms with Crippen molar-refractivity contribution in [3.05, 3.63) is 53.7 Å². The first kappa shape index (κ1) is 14.4. The highest BCUT2D eigenvalue weighted by molar-refractivity contribution is 5.33. The summed E-state index contributed by atoms with van der Waals surface area (Å²) in [7, 11) is 0. The maximum absolute atomic E-state index is 13.6. The molecule has 0 atom stereocenters. The predicted molar refractivity (Wildman–Crippen MR) is 72.7 cm³/mol. The van der Waals surface area contributed by atoms with Gasteiger partial charge in [0.15, 0.2) is 11.6 Å². The first-order chi connectivity index (χ1) is 9.70. The summed E-state index contributed by atoms with van der Waals surface area (Å²) in [6.07, 6.45) is 2.59. The lowest BCUT2D eigenvalue weighted by molar-refractivity contribution is 0.417. The van der Waals surface area contributed by atoms with Gasteiger partial charge in [0.2, 0.25) is 5.88 Å². The van der Waals surface area contributed by atoms with E-state index in [0.29, 0.717) is 12.4 Å². The Balaban J connectivity index is 2.16. The lowest BCUT2D eigenvalue weighted by Gasteiger charge is -2.11. The number of ether oxygens (including phenoxy) is 1. The number of nitrogens with zero attached hydrogens (tertiary/aromatic N) is 1. The van der Waals surface area contributed by atoms with Gasteiger partial charge in [-0.25, -0.2) is 13.8 Å². The van der Waals surface area contributed by atoms with Gasteiger partial charge in [-0.2, -0.15) is 0 Å². The number of benzene rings is 1. The van der Waals surface area contributed by atoms with E-state index in [1.54, 1.807) is 12.3 Å². The van der Waals surface area contributed by atoms with Gasteiger partial charge in [0, 0.05) is 24.4 Å². The molecule has 0 aliphatic heterocycles. The highest BCUT2D eigenvalue weighted by atomic mass is 19.1. The highest BCUT2D eigenvalue weighted by Gasteiger charge is 2.10. The van der Waals surface area contributed by atoms with Gasteiger partial charge >= 0.3 is 0 Å². The molecule has 0 amide bonds. The minimum atomic E-state index is -0.747. The summed E-state index contributed by atoms with van der Waals surface area (Å²) in [5.74, 6) is -1.10. The molecule has 0 saturated heterocycles.